The van der Waals surface area contributed by atoms with E-state index in [1.807, 2.05) is 0 Å². The lowest BCUT2D eigenvalue weighted by atomic mass is 10.1. The molecule has 0 unspecified atom stereocenters. The van der Waals surface area contributed by atoms with Crippen molar-refractivity contribution in [2.75, 3.05) is 11.5 Å². The van der Waals surface area contributed by atoms with Crippen molar-refractivity contribution in [3.63, 3.8) is 0 Å². The first-order valence-electron chi connectivity index (χ1n) is 11.7. The van der Waals surface area contributed by atoms with Gasteiger partial charge in [-0.2, -0.15) is 0 Å². The summed E-state index contributed by atoms with van der Waals surface area (Å²) in [5.74, 6) is 1.98. The number of carboxylic acids is 1. The Morgan fingerprint density at radius 3 is 1.26 bits per heavy atom. The number of carboxylic acid groups (broad SMARTS) is 1. The van der Waals surface area contributed by atoms with Crippen molar-refractivity contribution in [3.05, 3.63) is 0 Å². The maximum Gasteiger partial charge on any atom is 0.303 e. The van der Waals surface area contributed by atoms with E-state index in [0.29, 0.717) is 6.42 Å². The predicted molar refractivity (Wildman–Crippen MR) is 126 cm³/mol. The van der Waals surface area contributed by atoms with Gasteiger partial charge in [-0.1, -0.05) is 125 Å². The van der Waals surface area contributed by atoms with Crippen LogP contribution in [0.3, 0.4) is 0 Å². The van der Waals surface area contributed by atoms with Crippen molar-refractivity contribution in [3.8, 4) is 0 Å². The van der Waals surface area contributed by atoms with Crippen LogP contribution in [0.4, 0.5) is 0 Å². The Labute approximate surface area is 177 Å². The maximum absolute atomic E-state index is 10.4. The van der Waals surface area contributed by atoms with Gasteiger partial charge < -0.3 is 5.11 Å². The Morgan fingerprint density at radius 1 is 0.556 bits per heavy atom. The van der Waals surface area contributed by atoms with E-state index in [1.165, 1.54) is 114 Å². The SMILES string of the molecule is CCCCCCCCCCCCSSCCCCCCCCCCC(=O)O. The molecule has 0 aliphatic carbocycles. The molecule has 0 rings (SSSR count). The summed E-state index contributed by atoms with van der Waals surface area (Å²) in [6.45, 7) is 2.29. The summed E-state index contributed by atoms with van der Waals surface area (Å²) in [6, 6.07) is 0. The summed E-state index contributed by atoms with van der Waals surface area (Å²) in [5, 5.41) is 8.58. The van der Waals surface area contributed by atoms with Crippen LogP contribution in [-0.2, 0) is 4.79 Å². The molecule has 0 amide bonds. The van der Waals surface area contributed by atoms with Crippen molar-refractivity contribution >= 4 is 27.6 Å². The van der Waals surface area contributed by atoms with E-state index in [4.69, 9.17) is 5.11 Å². The highest BCUT2D eigenvalue weighted by Gasteiger charge is 1.97. The lowest BCUT2D eigenvalue weighted by Crippen LogP contribution is -1.93. The van der Waals surface area contributed by atoms with Crippen LogP contribution in [0.5, 0.6) is 0 Å². The van der Waals surface area contributed by atoms with Crippen LogP contribution in [0.15, 0.2) is 0 Å². The number of hydrogen-bond donors (Lipinski definition) is 1. The lowest BCUT2D eigenvalue weighted by molar-refractivity contribution is -0.137. The van der Waals surface area contributed by atoms with Crippen molar-refractivity contribution in [1.29, 1.82) is 0 Å². The third kappa shape index (κ3) is 26.2. The van der Waals surface area contributed by atoms with Crippen LogP contribution in [-0.4, -0.2) is 22.6 Å². The van der Waals surface area contributed by atoms with E-state index in [0.717, 1.165) is 12.8 Å². The zero-order chi connectivity index (χ0) is 19.8. The molecule has 0 aromatic heterocycles. The van der Waals surface area contributed by atoms with Gasteiger partial charge in [0.15, 0.2) is 0 Å². The van der Waals surface area contributed by atoms with Gasteiger partial charge in [0.25, 0.3) is 0 Å². The Balaban J connectivity index is 2.98. The Morgan fingerprint density at radius 2 is 0.889 bits per heavy atom. The Bertz CT molecular complexity index is 298. The Hall–Kier alpha value is 0.170. The van der Waals surface area contributed by atoms with Crippen LogP contribution >= 0.6 is 21.6 Å². The highest BCUT2D eigenvalue weighted by Crippen LogP contribution is 2.25. The molecule has 0 fully saturated rings. The molecule has 0 saturated carbocycles. The molecule has 0 spiro atoms. The molecule has 0 aromatic rings. The molecular weight excluding hydrogens is 372 g/mol. The van der Waals surface area contributed by atoms with Gasteiger partial charge in [-0.3, -0.25) is 4.79 Å². The number of hydrogen-bond acceptors (Lipinski definition) is 3. The van der Waals surface area contributed by atoms with Gasteiger partial charge in [0.2, 0.25) is 0 Å². The van der Waals surface area contributed by atoms with E-state index in [1.54, 1.807) is 0 Å². The van der Waals surface area contributed by atoms with Gasteiger partial charge in [-0.15, -0.1) is 0 Å². The molecule has 0 aromatic carbocycles. The standard InChI is InChI=1S/C23H46O2S2/c1-2-3-4-5-6-7-9-12-15-18-21-26-27-22-19-16-13-10-8-11-14-17-20-23(24)25/h2-22H2,1H3,(H,24,25). The fourth-order valence-electron chi connectivity index (χ4n) is 3.26. The average Bonchev–Trinajstić information content (AvgIpc) is 2.65. The molecule has 0 aliphatic rings. The van der Waals surface area contributed by atoms with Gasteiger partial charge in [0.05, 0.1) is 0 Å². The zero-order valence-electron chi connectivity index (χ0n) is 18.0. The maximum atomic E-state index is 10.4. The zero-order valence-corrected chi connectivity index (χ0v) is 19.7. The molecule has 4 heteroatoms. The third-order valence-electron chi connectivity index (χ3n) is 5.03. The summed E-state index contributed by atoms with van der Waals surface area (Å²) in [4.78, 5) is 10.4. The molecule has 0 bridgehead atoms. The quantitative estimate of drug-likeness (QED) is 0.133. The fourth-order valence-corrected chi connectivity index (χ4v) is 5.56. The molecule has 0 heterocycles. The lowest BCUT2D eigenvalue weighted by Gasteiger charge is -2.03. The van der Waals surface area contributed by atoms with E-state index in [2.05, 4.69) is 28.5 Å². The molecule has 162 valence electrons. The second-order valence-corrected chi connectivity index (χ2v) is 10.5. The van der Waals surface area contributed by atoms with Gasteiger partial charge in [0, 0.05) is 17.9 Å². The topological polar surface area (TPSA) is 37.3 Å². The second kappa shape index (κ2) is 24.2. The molecular formula is C23H46O2S2. The first-order valence-corrected chi connectivity index (χ1v) is 14.2. The monoisotopic (exact) mass is 418 g/mol. The largest absolute Gasteiger partial charge is 0.481 e. The van der Waals surface area contributed by atoms with E-state index in [9.17, 15) is 4.79 Å². The van der Waals surface area contributed by atoms with Crippen molar-refractivity contribution in [2.45, 2.75) is 129 Å². The first kappa shape index (κ1) is 27.2. The van der Waals surface area contributed by atoms with E-state index < -0.39 is 5.97 Å². The van der Waals surface area contributed by atoms with Crippen LogP contribution in [0.25, 0.3) is 0 Å². The van der Waals surface area contributed by atoms with Gasteiger partial charge >= 0.3 is 5.97 Å². The van der Waals surface area contributed by atoms with Crippen LogP contribution in [0, 0.1) is 0 Å². The summed E-state index contributed by atoms with van der Waals surface area (Å²) >= 11 is 0. The molecule has 1 N–H and O–H groups in total. The molecule has 27 heavy (non-hydrogen) atoms. The van der Waals surface area contributed by atoms with E-state index >= 15 is 0 Å². The van der Waals surface area contributed by atoms with Gasteiger partial charge in [-0.05, 0) is 19.3 Å². The second-order valence-electron chi connectivity index (χ2n) is 7.80. The van der Waals surface area contributed by atoms with Crippen LogP contribution in [0.2, 0.25) is 0 Å². The molecule has 0 atom stereocenters. The third-order valence-corrected chi connectivity index (χ3v) is 7.61. The van der Waals surface area contributed by atoms with E-state index in [-0.39, 0.29) is 0 Å². The number of carbonyl (C=O) groups is 1. The van der Waals surface area contributed by atoms with Gasteiger partial charge in [0.1, 0.15) is 0 Å². The van der Waals surface area contributed by atoms with Crippen molar-refractivity contribution in [2.24, 2.45) is 0 Å². The van der Waals surface area contributed by atoms with Crippen molar-refractivity contribution < 1.29 is 9.90 Å². The summed E-state index contributed by atoms with van der Waals surface area (Å²) in [6.07, 6.45) is 24.4. The number of unbranched alkanes of at least 4 members (excludes halogenated alkanes) is 16. The average molecular weight is 419 g/mol. The summed E-state index contributed by atoms with van der Waals surface area (Å²) in [5.41, 5.74) is 0. The summed E-state index contributed by atoms with van der Waals surface area (Å²) < 4.78 is 0. The molecule has 0 saturated heterocycles. The predicted octanol–water partition coefficient (Wildman–Crippen LogP) is 8.88. The summed E-state index contributed by atoms with van der Waals surface area (Å²) in [7, 11) is 4.15. The van der Waals surface area contributed by atoms with Crippen molar-refractivity contribution in [1.82, 2.24) is 0 Å². The highest BCUT2D eigenvalue weighted by molar-refractivity contribution is 8.76. The first-order chi connectivity index (χ1) is 13.3. The molecule has 2 nitrogen and oxygen atoms in total. The molecule has 0 radical (unpaired) electrons. The molecule has 0 aliphatic heterocycles. The highest BCUT2D eigenvalue weighted by atomic mass is 33.1. The minimum Gasteiger partial charge on any atom is -0.481 e. The number of aliphatic carboxylic acids is 1. The minimum atomic E-state index is -0.654. The van der Waals surface area contributed by atoms with Gasteiger partial charge in [-0.25, -0.2) is 0 Å². The smallest absolute Gasteiger partial charge is 0.303 e. The number of rotatable bonds is 23. The Kier molecular flexibility index (Phi) is 24.4. The van der Waals surface area contributed by atoms with Crippen LogP contribution < -0.4 is 0 Å². The normalized spacial score (nSPS) is 11.1. The minimum absolute atomic E-state index is 0.341. The fraction of sp³-hybridized carbons (Fsp3) is 0.957. The van der Waals surface area contributed by atoms with Crippen LogP contribution in [0.1, 0.15) is 129 Å².